The van der Waals surface area contributed by atoms with Gasteiger partial charge in [0.25, 0.3) is 5.91 Å². The molecule has 6 heteroatoms. The molecule has 1 amide bonds. The number of aromatic nitrogens is 1. The molecule has 0 saturated heterocycles. The molecule has 1 aromatic rings. The van der Waals surface area contributed by atoms with Crippen LogP contribution in [0.25, 0.3) is 0 Å². The van der Waals surface area contributed by atoms with E-state index in [-0.39, 0.29) is 11.7 Å². The third-order valence-corrected chi connectivity index (χ3v) is 4.19. The minimum Gasteiger partial charge on any atom is -0.391 e. The summed E-state index contributed by atoms with van der Waals surface area (Å²) < 4.78 is 4.97. The zero-order valence-corrected chi connectivity index (χ0v) is 12.0. The second-order valence-electron chi connectivity index (χ2n) is 5.42. The zero-order chi connectivity index (χ0) is 14.0. The highest BCUT2D eigenvalue weighted by Crippen LogP contribution is 2.32. The number of carbonyl (C=O) groups is 1. The summed E-state index contributed by atoms with van der Waals surface area (Å²) in [5, 5.41) is 6.65. The molecule has 0 atom stereocenters. The van der Waals surface area contributed by atoms with Crippen LogP contribution in [-0.2, 0) is 0 Å². The van der Waals surface area contributed by atoms with E-state index in [1.807, 2.05) is 0 Å². The SMILES string of the molecule is Cc1cc(C(=O)NC2(C(N)=S)CCC(C)CC2)on1. The fourth-order valence-electron chi connectivity index (χ4n) is 2.44. The van der Waals surface area contributed by atoms with E-state index in [9.17, 15) is 4.79 Å². The minimum absolute atomic E-state index is 0.201. The molecule has 0 aromatic carbocycles. The number of carbonyl (C=O) groups excluding carboxylic acids is 1. The van der Waals surface area contributed by atoms with Crippen LogP contribution < -0.4 is 11.1 Å². The minimum atomic E-state index is -0.584. The summed E-state index contributed by atoms with van der Waals surface area (Å²) in [5.41, 5.74) is 5.94. The van der Waals surface area contributed by atoms with Crippen LogP contribution in [0.1, 0.15) is 48.9 Å². The molecule has 1 aliphatic rings. The first-order chi connectivity index (χ1) is 8.93. The predicted molar refractivity (Wildman–Crippen MR) is 75.9 cm³/mol. The van der Waals surface area contributed by atoms with E-state index in [1.54, 1.807) is 13.0 Å². The van der Waals surface area contributed by atoms with Crippen LogP contribution in [-0.4, -0.2) is 21.6 Å². The average Bonchev–Trinajstić information content (AvgIpc) is 2.79. The molecular weight excluding hydrogens is 262 g/mol. The van der Waals surface area contributed by atoms with Crippen LogP contribution in [0, 0.1) is 12.8 Å². The quantitative estimate of drug-likeness (QED) is 0.828. The second-order valence-corrected chi connectivity index (χ2v) is 5.86. The molecule has 0 unspecified atom stereocenters. The van der Waals surface area contributed by atoms with Gasteiger partial charge in [-0.1, -0.05) is 24.3 Å². The smallest absolute Gasteiger partial charge is 0.290 e. The lowest BCUT2D eigenvalue weighted by atomic mass is 9.77. The number of hydrogen-bond acceptors (Lipinski definition) is 4. The maximum absolute atomic E-state index is 12.2. The number of nitrogens with one attached hydrogen (secondary N) is 1. The standard InChI is InChI=1S/C13H19N3O2S/c1-8-3-5-13(6-4-8,12(14)19)15-11(17)10-7-9(2)16-18-10/h7-8H,3-6H2,1-2H3,(H2,14,19)(H,15,17). The molecule has 1 saturated carbocycles. The van der Waals surface area contributed by atoms with Crippen LogP contribution in [0.5, 0.6) is 0 Å². The summed E-state index contributed by atoms with van der Waals surface area (Å²) in [7, 11) is 0. The molecule has 1 aliphatic carbocycles. The van der Waals surface area contributed by atoms with Gasteiger partial charge >= 0.3 is 0 Å². The number of nitrogens with zero attached hydrogens (tertiary/aromatic N) is 1. The Labute approximate surface area is 117 Å². The van der Waals surface area contributed by atoms with Crippen molar-refractivity contribution in [1.29, 1.82) is 0 Å². The summed E-state index contributed by atoms with van der Waals surface area (Å²) in [6.07, 6.45) is 3.57. The highest BCUT2D eigenvalue weighted by molar-refractivity contribution is 7.80. The zero-order valence-electron chi connectivity index (χ0n) is 11.2. The first-order valence-corrected chi connectivity index (χ1v) is 6.89. The van der Waals surface area contributed by atoms with E-state index in [1.165, 1.54) is 0 Å². The van der Waals surface area contributed by atoms with Gasteiger partial charge in [-0.3, -0.25) is 4.79 Å². The van der Waals surface area contributed by atoms with Crippen LogP contribution in [0.3, 0.4) is 0 Å². The van der Waals surface area contributed by atoms with Crippen molar-refractivity contribution in [3.63, 3.8) is 0 Å². The van der Waals surface area contributed by atoms with Gasteiger partial charge in [0.1, 0.15) is 0 Å². The van der Waals surface area contributed by atoms with E-state index < -0.39 is 5.54 Å². The molecule has 104 valence electrons. The van der Waals surface area contributed by atoms with Gasteiger partial charge in [0.15, 0.2) is 0 Å². The number of rotatable bonds is 3. The number of hydrogen-bond donors (Lipinski definition) is 2. The third kappa shape index (κ3) is 2.94. The Kier molecular flexibility index (Phi) is 3.89. The molecule has 0 bridgehead atoms. The Bertz CT molecular complexity index is 490. The topological polar surface area (TPSA) is 81.2 Å². The van der Waals surface area contributed by atoms with Crippen LogP contribution >= 0.6 is 12.2 Å². The fourth-order valence-corrected chi connectivity index (χ4v) is 2.69. The Morgan fingerprint density at radius 2 is 2.21 bits per heavy atom. The number of amides is 1. The Balaban J connectivity index is 2.13. The Morgan fingerprint density at radius 1 is 1.58 bits per heavy atom. The largest absolute Gasteiger partial charge is 0.391 e. The maximum atomic E-state index is 12.2. The van der Waals surface area contributed by atoms with Crippen molar-refractivity contribution in [2.75, 3.05) is 0 Å². The van der Waals surface area contributed by atoms with E-state index in [2.05, 4.69) is 17.4 Å². The van der Waals surface area contributed by atoms with E-state index in [0.29, 0.717) is 16.6 Å². The molecule has 0 spiro atoms. The lowest BCUT2D eigenvalue weighted by Gasteiger charge is -2.39. The van der Waals surface area contributed by atoms with Crippen LogP contribution in [0.4, 0.5) is 0 Å². The van der Waals surface area contributed by atoms with Crippen molar-refractivity contribution < 1.29 is 9.32 Å². The van der Waals surface area contributed by atoms with Crippen molar-refractivity contribution in [3.8, 4) is 0 Å². The lowest BCUT2D eigenvalue weighted by Crippen LogP contribution is -2.58. The summed E-state index contributed by atoms with van der Waals surface area (Å²) >= 11 is 5.16. The maximum Gasteiger partial charge on any atom is 0.290 e. The van der Waals surface area contributed by atoms with Gasteiger partial charge in [0.2, 0.25) is 5.76 Å². The summed E-state index contributed by atoms with van der Waals surface area (Å²) in [5.74, 6) is 0.543. The highest BCUT2D eigenvalue weighted by atomic mass is 32.1. The van der Waals surface area contributed by atoms with E-state index in [0.717, 1.165) is 25.7 Å². The molecule has 1 aromatic heterocycles. The van der Waals surface area contributed by atoms with Gasteiger partial charge in [-0.25, -0.2) is 0 Å². The van der Waals surface area contributed by atoms with Gasteiger partial charge < -0.3 is 15.6 Å². The molecule has 5 nitrogen and oxygen atoms in total. The molecular formula is C13H19N3O2S. The lowest BCUT2D eigenvalue weighted by molar-refractivity contribution is 0.0863. The van der Waals surface area contributed by atoms with Crippen molar-refractivity contribution in [1.82, 2.24) is 10.5 Å². The van der Waals surface area contributed by atoms with Crippen molar-refractivity contribution in [3.05, 3.63) is 17.5 Å². The Hall–Kier alpha value is -1.43. The van der Waals surface area contributed by atoms with Gasteiger partial charge in [-0.2, -0.15) is 0 Å². The molecule has 2 rings (SSSR count). The second kappa shape index (κ2) is 5.28. The van der Waals surface area contributed by atoms with Crippen LogP contribution in [0.2, 0.25) is 0 Å². The van der Waals surface area contributed by atoms with Crippen molar-refractivity contribution >= 4 is 23.1 Å². The molecule has 1 fully saturated rings. The molecule has 1 heterocycles. The molecule has 0 radical (unpaired) electrons. The van der Waals surface area contributed by atoms with Gasteiger partial charge in [0, 0.05) is 6.07 Å². The molecule has 0 aliphatic heterocycles. The predicted octanol–water partition coefficient (Wildman–Crippen LogP) is 1.95. The summed E-state index contributed by atoms with van der Waals surface area (Å²) in [4.78, 5) is 12.5. The highest BCUT2D eigenvalue weighted by Gasteiger charge is 2.39. The normalized spacial score (nSPS) is 26.9. The first kappa shape index (κ1) is 14.0. The average molecular weight is 281 g/mol. The number of aryl methyl sites for hydroxylation is 1. The van der Waals surface area contributed by atoms with Crippen LogP contribution in [0.15, 0.2) is 10.6 Å². The first-order valence-electron chi connectivity index (χ1n) is 6.49. The third-order valence-electron chi connectivity index (χ3n) is 3.80. The van der Waals surface area contributed by atoms with Gasteiger partial charge in [-0.15, -0.1) is 0 Å². The summed E-state index contributed by atoms with van der Waals surface area (Å²) in [6.45, 7) is 3.97. The molecule has 19 heavy (non-hydrogen) atoms. The monoisotopic (exact) mass is 281 g/mol. The Morgan fingerprint density at radius 3 is 2.68 bits per heavy atom. The fraction of sp³-hybridized carbons (Fsp3) is 0.615. The number of thiocarbonyl (C=S) groups is 1. The van der Waals surface area contributed by atoms with E-state index in [4.69, 9.17) is 22.5 Å². The van der Waals surface area contributed by atoms with Gasteiger partial charge in [-0.05, 0) is 38.5 Å². The van der Waals surface area contributed by atoms with E-state index >= 15 is 0 Å². The van der Waals surface area contributed by atoms with Crippen molar-refractivity contribution in [2.24, 2.45) is 11.7 Å². The summed E-state index contributed by atoms with van der Waals surface area (Å²) in [6, 6.07) is 1.61. The van der Waals surface area contributed by atoms with Gasteiger partial charge in [0.05, 0.1) is 16.2 Å². The number of nitrogens with two attached hydrogens (primary N) is 1. The molecule has 3 N–H and O–H groups in total. The van der Waals surface area contributed by atoms with Crippen molar-refractivity contribution in [2.45, 2.75) is 45.1 Å².